The summed E-state index contributed by atoms with van der Waals surface area (Å²) in [7, 11) is 0. The molecule has 0 spiro atoms. The van der Waals surface area contributed by atoms with Crippen LogP contribution in [0.15, 0.2) is 48.5 Å². The molecule has 142 valence electrons. The number of para-hydroxylation sites is 1. The number of aryl methyl sites for hydroxylation is 1. The van der Waals surface area contributed by atoms with E-state index < -0.39 is 0 Å². The average Bonchev–Trinajstić information content (AvgIpc) is 2.87. The molecule has 2 aromatic carbocycles. The van der Waals surface area contributed by atoms with E-state index in [1.54, 1.807) is 0 Å². The molecule has 2 heterocycles. The highest BCUT2D eigenvalue weighted by Gasteiger charge is 2.40. The van der Waals surface area contributed by atoms with E-state index in [0.29, 0.717) is 12.1 Å². The number of amides is 2. The molecule has 2 aliphatic rings. The van der Waals surface area contributed by atoms with Crippen molar-refractivity contribution in [2.24, 2.45) is 0 Å². The molecule has 0 radical (unpaired) electrons. The van der Waals surface area contributed by atoms with E-state index in [2.05, 4.69) is 15.5 Å². The van der Waals surface area contributed by atoms with E-state index in [-0.39, 0.29) is 17.9 Å². The largest absolute Gasteiger partial charge is 0.335 e. The van der Waals surface area contributed by atoms with Gasteiger partial charge in [0.2, 0.25) is 0 Å². The van der Waals surface area contributed by atoms with Gasteiger partial charge >= 0.3 is 6.03 Å². The maximum absolute atomic E-state index is 13.1. The summed E-state index contributed by atoms with van der Waals surface area (Å²) in [6.07, 6.45) is 4.28. The topological polar surface area (TPSA) is 44.4 Å². The van der Waals surface area contributed by atoms with Gasteiger partial charge in [0.15, 0.2) is 0 Å². The summed E-state index contributed by atoms with van der Waals surface area (Å²) >= 11 is 0. The highest BCUT2D eigenvalue weighted by molar-refractivity contribution is 5.90. The Labute approximate surface area is 159 Å². The van der Waals surface area contributed by atoms with Crippen LogP contribution in [0.2, 0.25) is 0 Å². The van der Waals surface area contributed by atoms with Gasteiger partial charge in [-0.1, -0.05) is 30.3 Å². The lowest BCUT2D eigenvalue weighted by atomic mass is 9.96. The summed E-state index contributed by atoms with van der Waals surface area (Å²) in [4.78, 5) is 14.9. The second-order valence-electron chi connectivity index (χ2n) is 7.77. The number of halogens is 1. The van der Waals surface area contributed by atoms with Crippen molar-refractivity contribution in [3.63, 3.8) is 0 Å². The van der Waals surface area contributed by atoms with Crippen molar-refractivity contribution in [1.29, 1.82) is 0 Å². The van der Waals surface area contributed by atoms with Crippen LogP contribution in [0.4, 0.5) is 14.9 Å². The summed E-state index contributed by atoms with van der Waals surface area (Å²) < 4.78 is 13.1. The van der Waals surface area contributed by atoms with E-state index in [1.165, 1.54) is 25.0 Å². The molecule has 2 saturated heterocycles. The van der Waals surface area contributed by atoms with Crippen LogP contribution in [0.3, 0.4) is 0 Å². The van der Waals surface area contributed by atoms with E-state index in [4.69, 9.17) is 0 Å². The predicted octanol–water partition coefficient (Wildman–Crippen LogP) is 4.45. The first-order valence-electron chi connectivity index (χ1n) is 9.72. The van der Waals surface area contributed by atoms with Crippen molar-refractivity contribution >= 4 is 11.7 Å². The molecule has 5 heteroatoms. The van der Waals surface area contributed by atoms with Crippen molar-refractivity contribution in [2.45, 2.75) is 57.3 Å². The molecule has 1 unspecified atom stereocenters. The van der Waals surface area contributed by atoms with Crippen LogP contribution in [0.25, 0.3) is 0 Å². The van der Waals surface area contributed by atoms with Crippen LogP contribution in [0.1, 0.15) is 36.8 Å². The maximum atomic E-state index is 13.1. The van der Waals surface area contributed by atoms with Crippen molar-refractivity contribution < 1.29 is 9.18 Å². The minimum atomic E-state index is -0.190. The minimum absolute atomic E-state index is 0.124. The Kier molecular flexibility index (Phi) is 5.12. The SMILES string of the molecule is Cc1ccccc1NC(=O)NC1C[C@H]2CC[C@@H](C1)N2Cc1ccc(F)cc1. The Bertz CT molecular complexity index is 793. The molecule has 2 fully saturated rings. The van der Waals surface area contributed by atoms with Crippen molar-refractivity contribution in [3.8, 4) is 0 Å². The molecule has 2 amide bonds. The Hall–Kier alpha value is -2.40. The predicted molar refractivity (Wildman–Crippen MR) is 105 cm³/mol. The molecular weight excluding hydrogens is 341 g/mol. The third-order valence-corrected chi connectivity index (χ3v) is 5.89. The number of hydrogen-bond donors (Lipinski definition) is 2. The molecule has 2 aliphatic heterocycles. The fraction of sp³-hybridized carbons (Fsp3) is 0.409. The third kappa shape index (κ3) is 4.14. The monoisotopic (exact) mass is 367 g/mol. The number of anilines is 1. The maximum Gasteiger partial charge on any atom is 0.319 e. The number of carbonyl (C=O) groups excluding carboxylic acids is 1. The number of rotatable bonds is 4. The minimum Gasteiger partial charge on any atom is -0.335 e. The van der Waals surface area contributed by atoms with Gasteiger partial charge in [-0.3, -0.25) is 4.90 Å². The molecular formula is C22H26FN3O. The zero-order chi connectivity index (χ0) is 18.8. The first-order valence-corrected chi connectivity index (χ1v) is 9.72. The number of piperidine rings is 1. The van der Waals surface area contributed by atoms with Crippen LogP contribution < -0.4 is 10.6 Å². The summed E-state index contributed by atoms with van der Waals surface area (Å²) in [5.41, 5.74) is 3.06. The summed E-state index contributed by atoms with van der Waals surface area (Å²) in [6.45, 7) is 2.85. The normalized spacial score (nSPS) is 24.6. The number of hydrogen-bond acceptors (Lipinski definition) is 2. The molecule has 27 heavy (non-hydrogen) atoms. The first kappa shape index (κ1) is 18.0. The molecule has 0 saturated carbocycles. The highest BCUT2D eigenvalue weighted by Crippen LogP contribution is 2.36. The van der Waals surface area contributed by atoms with Crippen LogP contribution in [-0.4, -0.2) is 29.1 Å². The van der Waals surface area contributed by atoms with E-state index >= 15 is 0 Å². The summed E-state index contributed by atoms with van der Waals surface area (Å²) in [6, 6.07) is 15.6. The number of benzene rings is 2. The molecule has 3 atom stereocenters. The molecule has 0 aromatic heterocycles. The lowest BCUT2D eigenvalue weighted by Crippen LogP contribution is -2.50. The van der Waals surface area contributed by atoms with Crippen LogP contribution in [0.5, 0.6) is 0 Å². The smallest absolute Gasteiger partial charge is 0.319 e. The number of urea groups is 1. The van der Waals surface area contributed by atoms with Gasteiger partial charge < -0.3 is 10.6 Å². The van der Waals surface area contributed by atoms with Gasteiger partial charge in [-0.25, -0.2) is 9.18 Å². The van der Waals surface area contributed by atoms with Gasteiger partial charge in [0.05, 0.1) is 0 Å². The highest BCUT2D eigenvalue weighted by atomic mass is 19.1. The Balaban J connectivity index is 1.33. The quantitative estimate of drug-likeness (QED) is 0.838. The second-order valence-corrected chi connectivity index (χ2v) is 7.77. The van der Waals surface area contributed by atoms with Crippen LogP contribution in [-0.2, 0) is 6.54 Å². The van der Waals surface area contributed by atoms with Gasteiger partial charge in [-0.15, -0.1) is 0 Å². The van der Waals surface area contributed by atoms with E-state index in [1.807, 2.05) is 43.3 Å². The van der Waals surface area contributed by atoms with E-state index in [9.17, 15) is 9.18 Å². The molecule has 0 aliphatic carbocycles. The standard InChI is InChI=1S/C22H26FN3O/c1-15-4-2-3-5-21(15)25-22(27)24-18-12-19-10-11-20(13-18)26(19)14-16-6-8-17(23)9-7-16/h2-9,18-20H,10-14H2,1H3,(H2,24,25,27)/t18?,19-,20+. The molecule has 2 N–H and O–H groups in total. The number of fused-ring (bicyclic) bond motifs is 2. The van der Waals surface area contributed by atoms with Gasteiger partial charge in [0, 0.05) is 30.4 Å². The van der Waals surface area contributed by atoms with Gasteiger partial charge in [0.25, 0.3) is 0 Å². The number of nitrogens with zero attached hydrogens (tertiary/aromatic N) is 1. The summed E-state index contributed by atoms with van der Waals surface area (Å²) in [5, 5.41) is 6.13. The molecule has 2 aromatic rings. The number of nitrogens with one attached hydrogen (secondary N) is 2. The van der Waals surface area contributed by atoms with Crippen LogP contribution in [0, 0.1) is 12.7 Å². The Morgan fingerprint density at radius 1 is 1.07 bits per heavy atom. The lowest BCUT2D eigenvalue weighted by molar-refractivity contribution is 0.112. The molecule has 4 rings (SSSR count). The van der Waals surface area contributed by atoms with Gasteiger partial charge in [-0.05, 0) is 61.9 Å². The van der Waals surface area contributed by atoms with Gasteiger partial charge in [0.1, 0.15) is 5.82 Å². The zero-order valence-electron chi connectivity index (χ0n) is 15.6. The van der Waals surface area contributed by atoms with Crippen molar-refractivity contribution in [1.82, 2.24) is 10.2 Å². The van der Waals surface area contributed by atoms with Gasteiger partial charge in [-0.2, -0.15) is 0 Å². The zero-order valence-corrected chi connectivity index (χ0v) is 15.6. The molecule has 4 nitrogen and oxygen atoms in total. The van der Waals surface area contributed by atoms with Crippen molar-refractivity contribution in [3.05, 3.63) is 65.5 Å². The fourth-order valence-corrected chi connectivity index (χ4v) is 4.51. The number of carbonyl (C=O) groups is 1. The Morgan fingerprint density at radius 3 is 2.41 bits per heavy atom. The van der Waals surface area contributed by atoms with Crippen molar-refractivity contribution in [2.75, 3.05) is 5.32 Å². The average molecular weight is 367 g/mol. The fourth-order valence-electron chi connectivity index (χ4n) is 4.51. The lowest BCUT2D eigenvalue weighted by Gasteiger charge is -2.39. The second kappa shape index (κ2) is 7.69. The van der Waals surface area contributed by atoms with Crippen LogP contribution >= 0.6 is 0 Å². The van der Waals surface area contributed by atoms with E-state index in [0.717, 1.165) is 36.2 Å². The summed E-state index contributed by atoms with van der Waals surface area (Å²) in [5.74, 6) is -0.190. The third-order valence-electron chi connectivity index (χ3n) is 5.89. The first-order chi connectivity index (χ1) is 13.1. The Morgan fingerprint density at radius 2 is 1.74 bits per heavy atom. The molecule has 2 bridgehead atoms.